The van der Waals surface area contributed by atoms with Crippen molar-refractivity contribution in [3.05, 3.63) is 23.8 Å². The third-order valence-electron chi connectivity index (χ3n) is 3.96. The maximum Gasteiger partial charge on any atom is 0.340 e. The number of para-hydroxylation sites is 1. The largest absolute Gasteiger partial charge is 0.462 e. The lowest BCUT2D eigenvalue weighted by molar-refractivity contribution is 0.0527. The van der Waals surface area contributed by atoms with E-state index in [9.17, 15) is 9.90 Å². The number of aliphatic hydroxyl groups is 1. The van der Waals surface area contributed by atoms with Gasteiger partial charge in [0.25, 0.3) is 0 Å². The van der Waals surface area contributed by atoms with Crippen molar-refractivity contribution in [2.24, 2.45) is 5.92 Å². The maximum absolute atomic E-state index is 11.9. The van der Waals surface area contributed by atoms with Crippen LogP contribution in [0.4, 0.5) is 11.4 Å². The van der Waals surface area contributed by atoms with E-state index in [1.54, 1.807) is 19.1 Å². The Bertz CT molecular complexity index is 490. The van der Waals surface area contributed by atoms with E-state index >= 15 is 0 Å². The lowest BCUT2D eigenvalue weighted by Crippen LogP contribution is -2.35. The highest BCUT2D eigenvalue weighted by atomic mass is 16.5. The van der Waals surface area contributed by atoms with Gasteiger partial charge in [-0.2, -0.15) is 0 Å². The van der Waals surface area contributed by atoms with Gasteiger partial charge in [0, 0.05) is 6.54 Å². The number of nitrogen functional groups attached to an aromatic ring is 1. The molecule has 2 atom stereocenters. The Kier molecular flexibility index (Phi) is 4.49. The number of benzene rings is 1. The summed E-state index contributed by atoms with van der Waals surface area (Å²) in [6.07, 6.45) is 1.01. The summed E-state index contributed by atoms with van der Waals surface area (Å²) in [6, 6.07) is 5.41. The molecule has 0 amide bonds. The van der Waals surface area contributed by atoms with Crippen LogP contribution in [0.1, 0.15) is 30.6 Å². The molecule has 3 N–H and O–H groups in total. The van der Waals surface area contributed by atoms with E-state index in [1.165, 1.54) is 0 Å². The van der Waals surface area contributed by atoms with E-state index in [2.05, 4.69) is 11.8 Å². The smallest absolute Gasteiger partial charge is 0.340 e. The van der Waals surface area contributed by atoms with Gasteiger partial charge in [0.1, 0.15) is 0 Å². The van der Waals surface area contributed by atoms with Gasteiger partial charge in [0.05, 0.1) is 36.2 Å². The zero-order chi connectivity index (χ0) is 14.7. The first-order valence-electron chi connectivity index (χ1n) is 7.03. The summed E-state index contributed by atoms with van der Waals surface area (Å²) in [5.41, 5.74) is 7.76. The van der Waals surface area contributed by atoms with Crippen LogP contribution in [-0.2, 0) is 4.74 Å². The number of anilines is 2. The van der Waals surface area contributed by atoms with Crippen molar-refractivity contribution in [2.45, 2.75) is 26.3 Å². The third-order valence-corrected chi connectivity index (χ3v) is 3.96. The summed E-state index contributed by atoms with van der Waals surface area (Å²) in [4.78, 5) is 14.0. The molecule has 0 aromatic heterocycles. The SMILES string of the molecule is CCOC(=O)c1cccc(N2CCC(C)C2CO)c1N. The van der Waals surface area contributed by atoms with Crippen LogP contribution in [0.15, 0.2) is 18.2 Å². The monoisotopic (exact) mass is 278 g/mol. The Morgan fingerprint density at radius 2 is 2.30 bits per heavy atom. The van der Waals surface area contributed by atoms with Crippen molar-refractivity contribution in [3.63, 3.8) is 0 Å². The molecule has 1 fully saturated rings. The van der Waals surface area contributed by atoms with Crippen LogP contribution in [0.2, 0.25) is 0 Å². The molecule has 1 aromatic carbocycles. The number of ether oxygens (including phenoxy) is 1. The second kappa shape index (κ2) is 6.13. The molecule has 20 heavy (non-hydrogen) atoms. The quantitative estimate of drug-likeness (QED) is 0.647. The Morgan fingerprint density at radius 3 is 2.95 bits per heavy atom. The molecular formula is C15H22N2O3. The van der Waals surface area contributed by atoms with E-state index in [4.69, 9.17) is 10.5 Å². The molecule has 0 bridgehead atoms. The molecule has 5 nitrogen and oxygen atoms in total. The predicted molar refractivity (Wildman–Crippen MR) is 78.8 cm³/mol. The second-order valence-electron chi connectivity index (χ2n) is 5.17. The van der Waals surface area contributed by atoms with E-state index in [-0.39, 0.29) is 12.6 Å². The number of hydrogen-bond acceptors (Lipinski definition) is 5. The molecular weight excluding hydrogens is 256 g/mol. The molecule has 0 spiro atoms. The molecule has 1 aliphatic heterocycles. The van der Waals surface area contributed by atoms with Gasteiger partial charge in [-0.1, -0.05) is 13.0 Å². The molecule has 0 aliphatic carbocycles. The molecule has 2 unspecified atom stereocenters. The molecule has 1 aliphatic rings. The Morgan fingerprint density at radius 1 is 1.55 bits per heavy atom. The highest BCUT2D eigenvalue weighted by Gasteiger charge is 2.32. The third kappa shape index (κ3) is 2.58. The van der Waals surface area contributed by atoms with Crippen molar-refractivity contribution in [2.75, 3.05) is 30.4 Å². The van der Waals surface area contributed by atoms with Crippen LogP contribution in [-0.4, -0.2) is 36.9 Å². The van der Waals surface area contributed by atoms with Gasteiger partial charge in [-0.05, 0) is 31.4 Å². The topological polar surface area (TPSA) is 75.8 Å². The fraction of sp³-hybridized carbons (Fsp3) is 0.533. The Hall–Kier alpha value is -1.75. The number of aliphatic hydroxyl groups excluding tert-OH is 1. The van der Waals surface area contributed by atoms with Crippen molar-refractivity contribution < 1.29 is 14.6 Å². The highest BCUT2D eigenvalue weighted by Crippen LogP contribution is 2.34. The summed E-state index contributed by atoms with van der Waals surface area (Å²) in [5, 5.41) is 9.55. The second-order valence-corrected chi connectivity index (χ2v) is 5.17. The predicted octanol–water partition coefficient (Wildman–Crippen LogP) is 1.65. The minimum Gasteiger partial charge on any atom is -0.462 e. The average molecular weight is 278 g/mol. The molecule has 2 rings (SSSR count). The molecule has 5 heteroatoms. The van der Waals surface area contributed by atoms with Gasteiger partial charge in [0.15, 0.2) is 0 Å². The number of rotatable bonds is 4. The van der Waals surface area contributed by atoms with Crippen molar-refractivity contribution in [3.8, 4) is 0 Å². The number of carbonyl (C=O) groups excluding carboxylic acids is 1. The van der Waals surface area contributed by atoms with E-state index in [1.807, 2.05) is 6.07 Å². The van der Waals surface area contributed by atoms with Crippen LogP contribution >= 0.6 is 0 Å². The minimum absolute atomic E-state index is 0.0507. The summed E-state index contributed by atoms with van der Waals surface area (Å²) in [6.45, 7) is 5.13. The van der Waals surface area contributed by atoms with Crippen molar-refractivity contribution in [1.82, 2.24) is 0 Å². The van der Waals surface area contributed by atoms with Crippen LogP contribution in [0.3, 0.4) is 0 Å². The number of hydrogen-bond donors (Lipinski definition) is 2. The molecule has 1 heterocycles. The van der Waals surface area contributed by atoms with Crippen molar-refractivity contribution >= 4 is 17.3 Å². The zero-order valence-corrected chi connectivity index (χ0v) is 12.0. The first-order valence-corrected chi connectivity index (χ1v) is 7.03. The number of nitrogens with two attached hydrogens (primary N) is 1. The van der Waals surface area contributed by atoms with Crippen molar-refractivity contribution in [1.29, 1.82) is 0 Å². The van der Waals surface area contributed by atoms with Gasteiger partial charge in [-0.25, -0.2) is 4.79 Å². The molecule has 1 saturated heterocycles. The minimum atomic E-state index is -0.403. The fourth-order valence-corrected chi connectivity index (χ4v) is 2.78. The first kappa shape index (κ1) is 14.7. The summed E-state index contributed by atoms with van der Waals surface area (Å²) in [7, 11) is 0. The van der Waals surface area contributed by atoms with Gasteiger partial charge in [0.2, 0.25) is 0 Å². The summed E-state index contributed by atoms with van der Waals surface area (Å²) >= 11 is 0. The Balaban J connectivity index is 2.33. The summed E-state index contributed by atoms with van der Waals surface area (Å²) in [5.74, 6) is 0.00490. The molecule has 0 radical (unpaired) electrons. The van der Waals surface area contributed by atoms with Gasteiger partial charge < -0.3 is 20.5 Å². The average Bonchev–Trinajstić information content (AvgIpc) is 2.80. The highest BCUT2D eigenvalue weighted by molar-refractivity contribution is 5.98. The molecule has 0 saturated carbocycles. The lowest BCUT2D eigenvalue weighted by Gasteiger charge is -2.29. The Labute approximate surface area is 119 Å². The van der Waals surface area contributed by atoms with Gasteiger partial charge in [-0.15, -0.1) is 0 Å². The maximum atomic E-state index is 11.9. The van der Waals surface area contributed by atoms with Gasteiger partial charge in [-0.3, -0.25) is 0 Å². The number of carbonyl (C=O) groups is 1. The van der Waals surface area contributed by atoms with E-state index in [0.717, 1.165) is 18.7 Å². The van der Waals surface area contributed by atoms with Crippen LogP contribution in [0.25, 0.3) is 0 Å². The number of nitrogens with zero attached hydrogens (tertiary/aromatic N) is 1. The van der Waals surface area contributed by atoms with Crippen LogP contribution in [0.5, 0.6) is 0 Å². The molecule has 1 aromatic rings. The fourth-order valence-electron chi connectivity index (χ4n) is 2.78. The zero-order valence-electron chi connectivity index (χ0n) is 12.0. The van der Waals surface area contributed by atoms with Crippen LogP contribution < -0.4 is 10.6 Å². The first-order chi connectivity index (χ1) is 9.60. The van der Waals surface area contributed by atoms with Crippen LogP contribution in [0, 0.1) is 5.92 Å². The van der Waals surface area contributed by atoms with Gasteiger partial charge >= 0.3 is 5.97 Å². The standard InChI is InChI=1S/C15H22N2O3/c1-3-20-15(19)11-5-4-6-12(14(11)16)17-8-7-10(2)13(17)9-18/h4-6,10,13,18H,3,7-9,16H2,1-2H3. The van der Waals surface area contributed by atoms with E-state index in [0.29, 0.717) is 23.8 Å². The molecule has 110 valence electrons. The summed E-state index contributed by atoms with van der Waals surface area (Å²) < 4.78 is 5.01. The lowest BCUT2D eigenvalue weighted by atomic mass is 10.0. The number of esters is 1. The normalized spacial score (nSPS) is 22.1. The van der Waals surface area contributed by atoms with E-state index < -0.39 is 5.97 Å².